The molecule has 2 aromatic heterocycles. The lowest BCUT2D eigenvalue weighted by Crippen LogP contribution is -2.09. The fourth-order valence-corrected chi connectivity index (χ4v) is 2.71. The molecule has 0 saturated carbocycles. The number of aryl methyl sites for hydroxylation is 1. The first-order valence-electron chi connectivity index (χ1n) is 5.98. The average molecular weight is 310 g/mol. The number of nitrogen functional groups attached to an aromatic ring is 1. The number of ketones is 1. The predicted molar refractivity (Wildman–Crippen MR) is 76.4 cm³/mol. The maximum Gasteiger partial charge on any atom is 0.343 e. The highest BCUT2D eigenvalue weighted by Gasteiger charge is 2.24. The van der Waals surface area contributed by atoms with Gasteiger partial charge in [-0.15, -0.1) is 11.3 Å². The number of nitrogens with two attached hydrogens (primary N) is 1. The summed E-state index contributed by atoms with van der Waals surface area (Å²) < 4.78 is 9.54. The van der Waals surface area contributed by atoms with E-state index < -0.39 is 5.97 Å². The monoisotopic (exact) mass is 310 g/mol. The van der Waals surface area contributed by atoms with Crippen molar-refractivity contribution in [3.8, 4) is 0 Å². The zero-order chi connectivity index (χ0) is 15.6. The number of esters is 1. The summed E-state index contributed by atoms with van der Waals surface area (Å²) in [6.07, 6.45) is 0. The molecule has 2 aromatic rings. The molecule has 21 heavy (non-hydrogen) atoms. The van der Waals surface area contributed by atoms with E-state index in [0.29, 0.717) is 21.6 Å². The number of ether oxygens (including phenoxy) is 1. The molecule has 0 spiro atoms. The number of thiophene rings is 1. The Labute approximate surface area is 124 Å². The van der Waals surface area contributed by atoms with Gasteiger partial charge in [0, 0.05) is 13.8 Å². The van der Waals surface area contributed by atoms with Gasteiger partial charge in [-0.1, -0.05) is 5.16 Å². The number of aromatic nitrogens is 2. The molecule has 0 aromatic carbocycles. The standard InChI is InChI=1S/C12H14N4O4S/c1-5(17)10-9(13)8(12(18)19-3)11(21-10)14-4-7-15-6(2)20-16-7/h14H,4,13H2,1-3H3. The number of methoxy groups -OCH3 is 1. The van der Waals surface area contributed by atoms with Crippen molar-refractivity contribution in [3.63, 3.8) is 0 Å². The van der Waals surface area contributed by atoms with E-state index >= 15 is 0 Å². The van der Waals surface area contributed by atoms with Gasteiger partial charge >= 0.3 is 5.97 Å². The van der Waals surface area contributed by atoms with Crippen LogP contribution in [0.5, 0.6) is 0 Å². The van der Waals surface area contributed by atoms with Gasteiger partial charge in [-0.3, -0.25) is 4.79 Å². The molecule has 0 aliphatic rings. The molecule has 2 rings (SSSR count). The Balaban J connectivity index is 2.30. The van der Waals surface area contributed by atoms with Crippen LogP contribution in [-0.2, 0) is 11.3 Å². The van der Waals surface area contributed by atoms with Crippen molar-refractivity contribution in [1.82, 2.24) is 10.1 Å². The Hall–Kier alpha value is -2.42. The SMILES string of the molecule is COC(=O)c1c(NCc2noc(C)n2)sc(C(C)=O)c1N. The van der Waals surface area contributed by atoms with Gasteiger partial charge in [-0.05, 0) is 0 Å². The van der Waals surface area contributed by atoms with Crippen molar-refractivity contribution >= 4 is 33.8 Å². The molecule has 2 heterocycles. The van der Waals surface area contributed by atoms with Gasteiger partial charge in [0.05, 0.1) is 24.2 Å². The van der Waals surface area contributed by atoms with Gasteiger partial charge in [0.2, 0.25) is 5.89 Å². The molecular formula is C12H14N4O4S. The molecule has 0 saturated heterocycles. The summed E-state index contributed by atoms with van der Waals surface area (Å²) in [4.78, 5) is 27.7. The average Bonchev–Trinajstić information content (AvgIpc) is 2.99. The van der Waals surface area contributed by atoms with E-state index in [1.807, 2.05) is 0 Å². The highest BCUT2D eigenvalue weighted by molar-refractivity contribution is 7.19. The molecule has 8 nitrogen and oxygen atoms in total. The largest absolute Gasteiger partial charge is 0.465 e. The van der Waals surface area contributed by atoms with E-state index in [-0.39, 0.29) is 23.6 Å². The van der Waals surface area contributed by atoms with Crippen molar-refractivity contribution in [1.29, 1.82) is 0 Å². The maximum atomic E-state index is 11.8. The second-order valence-corrected chi connectivity index (χ2v) is 5.20. The van der Waals surface area contributed by atoms with E-state index in [0.717, 1.165) is 11.3 Å². The summed E-state index contributed by atoms with van der Waals surface area (Å²) in [5.74, 6) is 0.0453. The van der Waals surface area contributed by atoms with Crippen LogP contribution in [0.4, 0.5) is 10.7 Å². The summed E-state index contributed by atoms with van der Waals surface area (Å²) in [5.41, 5.74) is 6.12. The first-order valence-corrected chi connectivity index (χ1v) is 6.80. The van der Waals surface area contributed by atoms with Gasteiger partial charge in [0.1, 0.15) is 10.6 Å². The fourth-order valence-electron chi connectivity index (χ4n) is 1.71. The number of carbonyl (C=O) groups excluding carboxylic acids is 2. The normalized spacial score (nSPS) is 10.4. The van der Waals surface area contributed by atoms with Crippen molar-refractivity contribution in [2.45, 2.75) is 20.4 Å². The molecule has 0 aliphatic carbocycles. The minimum Gasteiger partial charge on any atom is -0.465 e. The molecule has 0 radical (unpaired) electrons. The van der Waals surface area contributed by atoms with Gasteiger partial charge in [0.15, 0.2) is 11.6 Å². The number of nitrogens with zero attached hydrogens (tertiary/aromatic N) is 2. The zero-order valence-corrected chi connectivity index (χ0v) is 12.5. The Morgan fingerprint density at radius 3 is 2.71 bits per heavy atom. The van der Waals surface area contributed by atoms with Crippen LogP contribution in [0.3, 0.4) is 0 Å². The van der Waals surface area contributed by atoms with Gasteiger partial charge in [-0.2, -0.15) is 4.98 Å². The lowest BCUT2D eigenvalue weighted by atomic mass is 10.2. The van der Waals surface area contributed by atoms with Crippen molar-refractivity contribution < 1.29 is 18.8 Å². The van der Waals surface area contributed by atoms with Crippen LogP contribution in [0.25, 0.3) is 0 Å². The number of hydrogen-bond donors (Lipinski definition) is 2. The third kappa shape index (κ3) is 3.02. The maximum absolute atomic E-state index is 11.8. The number of rotatable bonds is 5. The summed E-state index contributed by atoms with van der Waals surface area (Å²) >= 11 is 1.09. The quantitative estimate of drug-likeness (QED) is 0.631. The lowest BCUT2D eigenvalue weighted by Gasteiger charge is -2.04. The van der Waals surface area contributed by atoms with Gasteiger partial charge < -0.3 is 20.3 Å². The van der Waals surface area contributed by atoms with Crippen LogP contribution >= 0.6 is 11.3 Å². The molecule has 0 aliphatic heterocycles. The molecule has 0 unspecified atom stereocenters. The van der Waals surface area contributed by atoms with Crippen LogP contribution in [-0.4, -0.2) is 29.0 Å². The molecule has 112 valence electrons. The highest BCUT2D eigenvalue weighted by atomic mass is 32.1. The molecule has 0 bridgehead atoms. The van der Waals surface area contributed by atoms with Crippen LogP contribution in [0.1, 0.15) is 38.7 Å². The van der Waals surface area contributed by atoms with E-state index in [4.69, 9.17) is 15.0 Å². The Kier molecular flexibility index (Phi) is 4.22. The van der Waals surface area contributed by atoms with Gasteiger partial charge in [-0.25, -0.2) is 4.79 Å². The molecule has 0 fully saturated rings. The summed E-state index contributed by atoms with van der Waals surface area (Å²) in [6.45, 7) is 3.29. The summed E-state index contributed by atoms with van der Waals surface area (Å²) in [5, 5.41) is 7.14. The molecule has 3 N–H and O–H groups in total. The minimum absolute atomic E-state index is 0.117. The Morgan fingerprint density at radius 2 is 2.19 bits per heavy atom. The number of anilines is 2. The van der Waals surface area contributed by atoms with Crippen molar-refractivity contribution in [2.24, 2.45) is 0 Å². The van der Waals surface area contributed by atoms with E-state index in [1.165, 1.54) is 14.0 Å². The van der Waals surface area contributed by atoms with Crippen LogP contribution in [0.2, 0.25) is 0 Å². The number of hydrogen-bond acceptors (Lipinski definition) is 9. The molecular weight excluding hydrogens is 296 g/mol. The first kappa shape index (κ1) is 15.0. The smallest absolute Gasteiger partial charge is 0.343 e. The molecule has 0 atom stereocenters. The third-order valence-electron chi connectivity index (χ3n) is 2.63. The highest BCUT2D eigenvalue weighted by Crippen LogP contribution is 2.36. The summed E-state index contributed by atoms with van der Waals surface area (Å²) in [7, 11) is 1.25. The number of carbonyl (C=O) groups is 2. The van der Waals surface area contributed by atoms with E-state index in [1.54, 1.807) is 6.92 Å². The molecule has 0 amide bonds. The van der Waals surface area contributed by atoms with Crippen molar-refractivity contribution in [2.75, 3.05) is 18.2 Å². The van der Waals surface area contributed by atoms with Crippen LogP contribution in [0, 0.1) is 6.92 Å². The van der Waals surface area contributed by atoms with Crippen LogP contribution in [0.15, 0.2) is 4.52 Å². The third-order valence-corrected chi connectivity index (χ3v) is 3.90. The van der Waals surface area contributed by atoms with Gasteiger partial charge in [0.25, 0.3) is 0 Å². The molecule has 9 heteroatoms. The van der Waals surface area contributed by atoms with E-state index in [9.17, 15) is 9.59 Å². The number of nitrogens with one attached hydrogen (secondary N) is 1. The predicted octanol–water partition coefficient (Wildman–Crippen LogP) is 1.62. The lowest BCUT2D eigenvalue weighted by molar-refractivity contribution is 0.0603. The minimum atomic E-state index is -0.608. The van der Waals surface area contributed by atoms with Crippen LogP contribution < -0.4 is 11.1 Å². The number of Topliss-reactive ketones (excluding diaryl/α,β-unsaturated/α-hetero) is 1. The fraction of sp³-hybridized carbons (Fsp3) is 0.333. The second kappa shape index (κ2) is 5.92. The Morgan fingerprint density at radius 1 is 1.48 bits per heavy atom. The first-order chi connectivity index (χ1) is 9.93. The van der Waals surface area contributed by atoms with Crippen molar-refractivity contribution in [3.05, 3.63) is 22.2 Å². The second-order valence-electron chi connectivity index (χ2n) is 4.18. The topological polar surface area (TPSA) is 120 Å². The Bertz CT molecular complexity index is 691. The van der Waals surface area contributed by atoms with E-state index in [2.05, 4.69) is 15.5 Å². The zero-order valence-electron chi connectivity index (χ0n) is 11.7. The summed E-state index contributed by atoms with van der Waals surface area (Å²) in [6, 6.07) is 0.